The Kier molecular flexibility index (Phi) is 6.82. The minimum Gasteiger partial charge on any atom is -0.452 e. The smallest absolute Gasteiger partial charge is 0.338 e. The van der Waals surface area contributed by atoms with Crippen LogP contribution in [0.25, 0.3) is 0 Å². The van der Waals surface area contributed by atoms with Crippen LogP contribution in [0.1, 0.15) is 49.9 Å². The molecule has 136 valence electrons. The van der Waals surface area contributed by atoms with Gasteiger partial charge in [0.1, 0.15) is 0 Å². The molecule has 0 saturated carbocycles. The number of anilines is 1. The number of esters is 1. The molecule has 1 fully saturated rings. The molecule has 6 nitrogen and oxygen atoms in total. The van der Waals surface area contributed by atoms with E-state index in [0.29, 0.717) is 23.7 Å². The van der Waals surface area contributed by atoms with Gasteiger partial charge in [-0.1, -0.05) is 25.4 Å². The third kappa shape index (κ3) is 4.95. The Labute approximate surface area is 152 Å². The van der Waals surface area contributed by atoms with E-state index < -0.39 is 5.97 Å². The molecule has 2 rings (SSSR count). The first kappa shape index (κ1) is 19.2. The van der Waals surface area contributed by atoms with Crippen molar-refractivity contribution in [3.63, 3.8) is 0 Å². The topological polar surface area (TPSA) is 75.7 Å². The third-order valence-corrected chi connectivity index (χ3v) is 4.55. The molecule has 0 atom stereocenters. The lowest BCUT2D eigenvalue weighted by Gasteiger charge is -2.18. The van der Waals surface area contributed by atoms with Crippen LogP contribution in [-0.2, 0) is 14.3 Å². The van der Waals surface area contributed by atoms with Crippen molar-refractivity contribution in [1.82, 2.24) is 5.32 Å². The summed E-state index contributed by atoms with van der Waals surface area (Å²) < 4.78 is 5.07. The highest BCUT2D eigenvalue weighted by molar-refractivity contribution is 6.34. The van der Waals surface area contributed by atoms with Crippen molar-refractivity contribution in [3.05, 3.63) is 28.8 Å². The second-order valence-electron chi connectivity index (χ2n) is 5.97. The number of hydrogen-bond acceptors (Lipinski definition) is 4. The van der Waals surface area contributed by atoms with Gasteiger partial charge in [0, 0.05) is 19.0 Å². The maximum Gasteiger partial charge on any atom is 0.338 e. The quantitative estimate of drug-likeness (QED) is 0.753. The molecule has 0 bridgehead atoms. The van der Waals surface area contributed by atoms with Crippen molar-refractivity contribution < 1.29 is 19.1 Å². The van der Waals surface area contributed by atoms with Crippen LogP contribution in [-0.4, -0.2) is 37.0 Å². The lowest BCUT2D eigenvalue weighted by Crippen LogP contribution is -2.36. The Balaban J connectivity index is 2.00. The van der Waals surface area contributed by atoms with Crippen molar-refractivity contribution in [1.29, 1.82) is 0 Å². The van der Waals surface area contributed by atoms with E-state index in [1.54, 1.807) is 11.0 Å². The minimum absolute atomic E-state index is 0.0167. The van der Waals surface area contributed by atoms with Crippen molar-refractivity contribution in [3.8, 4) is 0 Å². The number of hydrogen-bond donors (Lipinski definition) is 1. The molecular formula is C18H23ClN2O4. The lowest BCUT2D eigenvalue weighted by molar-refractivity contribution is -0.125. The fourth-order valence-electron chi connectivity index (χ4n) is 2.73. The second kappa shape index (κ2) is 8.85. The average Bonchev–Trinajstić information content (AvgIpc) is 3.03. The zero-order valence-corrected chi connectivity index (χ0v) is 15.3. The number of amides is 2. The van der Waals surface area contributed by atoms with E-state index in [4.69, 9.17) is 16.3 Å². The monoisotopic (exact) mass is 366 g/mol. The van der Waals surface area contributed by atoms with Gasteiger partial charge in [-0.2, -0.15) is 0 Å². The van der Waals surface area contributed by atoms with Gasteiger partial charge in [-0.05, 0) is 37.5 Å². The standard InChI is InChI=1S/C18H23ClN2O4/c1-3-13(4-2)20-16(22)11-25-18(24)12-7-8-14(19)15(10-12)21-9-5-6-17(21)23/h7-8,10,13H,3-6,9,11H2,1-2H3,(H,20,22). The van der Waals surface area contributed by atoms with Crippen LogP contribution in [0.2, 0.25) is 5.02 Å². The third-order valence-electron chi connectivity index (χ3n) is 4.23. The molecule has 0 aromatic heterocycles. The summed E-state index contributed by atoms with van der Waals surface area (Å²) in [5.41, 5.74) is 0.759. The molecule has 7 heteroatoms. The summed E-state index contributed by atoms with van der Waals surface area (Å²) in [6.45, 7) is 4.20. The Morgan fingerprint density at radius 2 is 2.04 bits per heavy atom. The van der Waals surface area contributed by atoms with Crippen molar-refractivity contribution in [2.75, 3.05) is 18.1 Å². The van der Waals surface area contributed by atoms with Crippen LogP contribution >= 0.6 is 11.6 Å². The molecule has 0 radical (unpaired) electrons. The summed E-state index contributed by atoms with van der Waals surface area (Å²) in [5, 5.41) is 3.21. The molecule has 0 spiro atoms. The van der Waals surface area contributed by atoms with Gasteiger partial charge in [0.2, 0.25) is 5.91 Å². The predicted octanol–water partition coefficient (Wildman–Crippen LogP) is 2.93. The number of nitrogens with zero attached hydrogens (tertiary/aromatic N) is 1. The Morgan fingerprint density at radius 1 is 1.32 bits per heavy atom. The Morgan fingerprint density at radius 3 is 2.64 bits per heavy atom. The van der Waals surface area contributed by atoms with E-state index in [9.17, 15) is 14.4 Å². The van der Waals surface area contributed by atoms with Crippen LogP contribution in [0.3, 0.4) is 0 Å². The number of nitrogens with one attached hydrogen (secondary N) is 1. The number of benzene rings is 1. The summed E-state index contributed by atoms with van der Waals surface area (Å²) in [7, 11) is 0. The SMILES string of the molecule is CCC(CC)NC(=O)COC(=O)c1ccc(Cl)c(N2CCCC2=O)c1. The fourth-order valence-corrected chi connectivity index (χ4v) is 2.95. The van der Waals surface area contributed by atoms with Gasteiger partial charge in [0.05, 0.1) is 16.3 Å². The summed E-state index contributed by atoms with van der Waals surface area (Å²) in [6, 6.07) is 4.69. The van der Waals surface area contributed by atoms with Gasteiger partial charge in [0.15, 0.2) is 6.61 Å². The van der Waals surface area contributed by atoms with Gasteiger partial charge in [-0.25, -0.2) is 4.79 Å². The molecule has 1 aliphatic heterocycles. The minimum atomic E-state index is -0.621. The number of ether oxygens (including phenoxy) is 1. The maximum atomic E-state index is 12.2. The van der Waals surface area contributed by atoms with Crippen LogP contribution < -0.4 is 10.2 Å². The zero-order chi connectivity index (χ0) is 18.4. The van der Waals surface area contributed by atoms with E-state index in [1.165, 1.54) is 12.1 Å². The summed E-state index contributed by atoms with van der Waals surface area (Å²) in [4.78, 5) is 37.5. The summed E-state index contributed by atoms with van der Waals surface area (Å²) in [5.74, 6) is -0.966. The highest BCUT2D eigenvalue weighted by atomic mass is 35.5. The van der Waals surface area contributed by atoms with E-state index in [0.717, 1.165) is 19.3 Å². The first-order valence-corrected chi connectivity index (χ1v) is 8.90. The normalized spacial score (nSPS) is 14.1. The van der Waals surface area contributed by atoms with Crippen LogP contribution in [0.15, 0.2) is 18.2 Å². The molecule has 25 heavy (non-hydrogen) atoms. The van der Waals surface area contributed by atoms with Gasteiger partial charge >= 0.3 is 5.97 Å². The van der Waals surface area contributed by atoms with Gasteiger partial charge in [-0.15, -0.1) is 0 Å². The van der Waals surface area contributed by atoms with Crippen LogP contribution in [0.5, 0.6) is 0 Å². The second-order valence-corrected chi connectivity index (χ2v) is 6.38. The fraction of sp³-hybridized carbons (Fsp3) is 0.500. The van der Waals surface area contributed by atoms with Gasteiger partial charge < -0.3 is 15.0 Å². The Bertz CT molecular complexity index is 658. The number of carbonyl (C=O) groups is 3. The predicted molar refractivity (Wildman–Crippen MR) is 95.8 cm³/mol. The first-order chi connectivity index (χ1) is 12.0. The van der Waals surface area contributed by atoms with E-state index in [-0.39, 0.29) is 30.0 Å². The van der Waals surface area contributed by atoms with E-state index in [1.807, 2.05) is 13.8 Å². The largest absolute Gasteiger partial charge is 0.452 e. The molecule has 1 aliphatic rings. The van der Waals surface area contributed by atoms with E-state index >= 15 is 0 Å². The zero-order valence-electron chi connectivity index (χ0n) is 14.5. The van der Waals surface area contributed by atoms with Gasteiger partial charge in [0.25, 0.3) is 5.91 Å². The summed E-state index contributed by atoms with van der Waals surface area (Å²) in [6.07, 6.45) is 2.88. The molecule has 1 aromatic carbocycles. The molecule has 2 amide bonds. The lowest BCUT2D eigenvalue weighted by atomic mass is 10.2. The molecule has 1 N–H and O–H groups in total. The molecule has 1 heterocycles. The molecule has 0 aliphatic carbocycles. The van der Waals surface area contributed by atoms with Crippen molar-refractivity contribution >= 4 is 35.1 Å². The average molecular weight is 367 g/mol. The van der Waals surface area contributed by atoms with Gasteiger partial charge in [-0.3, -0.25) is 9.59 Å². The number of carbonyl (C=O) groups excluding carboxylic acids is 3. The number of halogens is 1. The van der Waals surface area contributed by atoms with Crippen LogP contribution in [0.4, 0.5) is 5.69 Å². The first-order valence-electron chi connectivity index (χ1n) is 8.52. The molecule has 0 unspecified atom stereocenters. The van der Waals surface area contributed by atoms with E-state index in [2.05, 4.69) is 5.32 Å². The summed E-state index contributed by atoms with van der Waals surface area (Å²) >= 11 is 6.15. The Hall–Kier alpha value is -2.08. The van der Waals surface area contributed by atoms with Crippen molar-refractivity contribution in [2.45, 2.75) is 45.6 Å². The van der Waals surface area contributed by atoms with Crippen molar-refractivity contribution in [2.24, 2.45) is 0 Å². The van der Waals surface area contributed by atoms with Crippen LogP contribution in [0, 0.1) is 0 Å². The maximum absolute atomic E-state index is 12.2. The highest BCUT2D eigenvalue weighted by Crippen LogP contribution is 2.30. The molecule has 1 saturated heterocycles. The number of rotatable bonds is 7. The highest BCUT2D eigenvalue weighted by Gasteiger charge is 2.24. The molecule has 1 aromatic rings. The molecular weight excluding hydrogens is 344 g/mol.